The first-order valence-corrected chi connectivity index (χ1v) is 7.43. The third kappa shape index (κ3) is 3.69. The van der Waals surface area contributed by atoms with E-state index in [4.69, 9.17) is 27.9 Å². The molecule has 0 aromatic heterocycles. The lowest BCUT2D eigenvalue weighted by molar-refractivity contribution is -0.149. The Hall–Kier alpha value is -1.79. The lowest BCUT2D eigenvalue weighted by Crippen LogP contribution is -2.45. The number of halogens is 2. The van der Waals surface area contributed by atoms with Gasteiger partial charge in [0, 0.05) is 22.2 Å². The van der Waals surface area contributed by atoms with Crippen molar-refractivity contribution in [2.45, 2.75) is 25.8 Å². The number of likely N-dealkylation sites (tertiary alicyclic amines) is 1. The Bertz CT molecular complexity index is 601. The van der Waals surface area contributed by atoms with Gasteiger partial charge in [-0.25, -0.2) is 14.5 Å². The van der Waals surface area contributed by atoms with Crippen molar-refractivity contribution < 1.29 is 19.1 Å². The van der Waals surface area contributed by atoms with Crippen LogP contribution in [0, 0.1) is 0 Å². The van der Waals surface area contributed by atoms with Crippen LogP contribution >= 0.6 is 23.2 Å². The number of carbonyl (C=O) groups is 3. The molecule has 1 heterocycles. The van der Waals surface area contributed by atoms with Crippen molar-refractivity contribution in [1.29, 1.82) is 0 Å². The number of hydrogen-bond donors (Lipinski definition) is 1. The van der Waals surface area contributed by atoms with Gasteiger partial charge in [0.05, 0.1) is 6.61 Å². The first-order valence-electron chi connectivity index (χ1n) is 6.68. The van der Waals surface area contributed by atoms with Crippen LogP contribution in [-0.2, 0) is 14.3 Å². The fourth-order valence-electron chi connectivity index (χ4n) is 2.21. The van der Waals surface area contributed by atoms with E-state index in [1.807, 2.05) is 0 Å². The standard InChI is InChI=1S/C14H14Cl2N2O4/c1-2-22-13(20)11-3-4-12(19)18(11)14(21)17-10-6-8(15)5-9(16)7-10/h5-7,11H,2-4H2,1H3,(H,17,21)/t11-/m0/s1. The lowest BCUT2D eigenvalue weighted by atomic mass is 10.2. The molecule has 2 rings (SSSR count). The number of imide groups is 1. The highest BCUT2D eigenvalue weighted by molar-refractivity contribution is 6.35. The molecule has 6 nitrogen and oxygen atoms in total. The molecule has 0 spiro atoms. The van der Waals surface area contributed by atoms with Crippen LogP contribution in [0.25, 0.3) is 0 Å². The summed E-state index contributed by atoms with van der Waals surface area (Å²) in [6.45, 7) is 1.84. The van der Waals surface area contributed by atoms with E-state index in [-0.39, 0.29) is 19.4 Å². The van der Waals surface area contributed by atoms with E-state index in [2.05, 4.69) is 5.32 Å². The Balaban J connectivity index is 2.15. The van der Waals surface area contributed by atoms with E-state index in [0.29, 0.717) is 15.7 Å². The molecule has 1 saturated heterocycles. The van der Waals surface area contributed by atoms with Gasteiger partial charge in [-0.15, -0.1) is 0 Å². The summed E-state index contributed by atoms with van der Waals surface area (Å²) in [4.78, 5) is 36.8. The molecule has 3 amide bonds. The van der Waals surface area contributed by atoms with Gasteiger partial charge in [-0.05, 0) is 31.5 Å². The van der Waals surface area contributed by atoms with Crippen molar-refractivity contribution in [1.82, 2.24) is 4.90 Å². The Morgan fingerprint density at radius 1 is 1.32 bits per heavy atom. The van der Waals surface area contributed by atoms with Crippen LogP contribution < -0.4 is 5.32 Å². The van der Waals surface area contributed by atoms with Gasteiger partial charge < -0.3 is 10.1 Å². The van der Waals surface area contributed by atoms with E-state index in [0.717, 1.165) is 4.90 Å². The highest BCUT2D eigenvalue weighted by Crippen LogP contribution is 2.25. The van der Waals surface area contributed by atoms with Gasteiger partial charge in [-0.3, -0.25) is 4.79 Å². The van der Waals surface area contributed by atoms with Gasteiger partial charge in [0.1, 0.15) is 6.04 Å². The molecule has 8 heteroatoms. The summed E-state index contributed by atoms with van der Waals surface area (Å²) in [5, 5.41) is 3.20. The van der Waals surface area contributed by atoms with Crippen LogP contribution in [0.15, 0.2) is 18.2 Å². The van der Waals surface area contributed by atoms with Crippen molar-refractivity contribution in [2.24, 2.45) is 0 Å². The second kappa shape index (κ2) is 6.98. The van der Waals surface area contributed by atoms with Crippen LogP contribution in [0.1, 0.15) is 19.8 Å². The summed E-state index contributed by atoms with van der Waals surface area (Å²) in [7, 11) is 0. The van der Waals surface area contributed by atoms with Gasteiger partial charge >= 0.3 is 12.0 Å². The van der Waals surface area contributed by atoms with Gasteiger partial charge in [0.15, 0.2) is 0 Å². The molecule has 1 atom stereocenters. The van der Waals surface area contributed by atoms with Crippen molar-refractivity contribution in [2.75, 3.05) is 11.9 Å². The molecular weight excluding hydrogens is 331 g/mol. The van der Waals surface area contributed by atoms with Crippen LogP contribution in [0.4, 0.5) is 10.5 Å². The largest absolute Gasteiger partial charge is 0.464 e. The van der Waals surface area contributed by atoms with Crippen molar-refractivity contribution in [3.63, 3.8) is 0 Å². The molecule has 118 valence electrons. The molecule has 0 radical (unpaired) electrons. The molecule has 1 fully saturated rings. The molecule has 1 aromatic rings. The number of hydrogen-bond acceptors (Lipinski definition) is 4. The van der Waals surface area contributed by atoms with Crippen molar-refractivity contribution in [3.8, 4) is 0 Å². The monoisotopic (exact) mass is 344 g/mol. The molecule has 0 saturated carbocycles. The number of ether oxygens (including phenoxy) is 1. The maximum absolute atomic E-state index is 12.3. The van der Waals surface area contributed by atoms with Crippen LogP contribution in [-0.4, -0.2) is 35.5 Å². The highest BCUT2D eigenvalue weighted by atomic mass is 35.5. The number of urea groups is 1. The number of nitrogens with zero attached hydrogens (tertiary/aromatic N) is 1. The lowest BCUT2D eigenvalue weighted by Gasteiger charge is -2.21. The normalized spacial score (nSPS) is 17.5. The smallest absolute Gasteiger partial charge is 0.329 e. The van der Waals surface area contributed by atoms with E-state index in [9.17, 15) is 14.4 Å². The Morgan fingerprint density at radius 2 is 1.95 bits per heavy atom. The predicted molar refractivity (Wildman–Crippen MR) is 82.0 cm³/mol. The van der Waals surface area contributed by atoms with Gasteiger partial charge in [0.25, 0.3) is 0 Å². The number of rotatable bonds is 3. The molecule has 22 heavy (non-hydrogen) atoms. The number of nitrogens with one attached hydrogen (secondary N) is 1. The van der Waals surface area contributed by atoms with E-state index < -0.39 is 23.9 Å². The molecule has 0 aliphatic carbocycles. The SMILES string of the molecule is CCOC(=O)[C@@H]1CCC(=O)N1C(=O)Nc1cc(Cl)cc(Cl)c1. The third-order valence-electron chi connectivity index (χ3n) is 3.10. The molecule has 1 aromatic carbocycles. The summed E-state index contributed by atoms with van der Waals surface area (Å²) < 4.78 is 4.89. The zero-order chi connectivity index (χ0) is 16.3. The average Bonchev–Trinajstić information content (AvgIpc) is 2.79. The summed E-state index contributed by atoms with van der Waals surface area (Å²) in [5.41, 5.74) is 0.338. The van der Waals surface area contributed by atoms with Gasteiger partial charge in [0.2, 0.25) is 5.91 Å². The first-order chi connectivity index (χ1) is 10.4. The van der Waals surface area contributed by atoms with E-state index in [1.165, 1.54) is 18.2 Å². The highest BCUT2D eigenvalue weighted by Gasteiger charge is 2.41. The molecular formula is C14H14Cl2N2O4. The zero-order valence-corrected chi connectivity index (χ0v) is 13.3. The summed E-state index contributed by atoms with van der Waals surface area (Å²) in [6, 6.07) is 2.89. The Morgan fingerprint density at radius 3 is 2.55 bits per heavy atom. The van der Waals surface area contributed by atoms with E-state index >= 15 is 0 Å². The minimum absolute atomic E-state index is 0.118. The average molecular weight is 345 g/mol. The first kappa shape index (κ1) is 16.6. The van der Waals surface area contributed by atoms with Crippen LogP contribution in [0.3, 0.4) is 0 Å². The molecule has 1 N–H and O–H groups in total. The van der Waals surface area contributed by atoms with E-state index in [1.54, 1.807) is 6.92 Å². The molecule has 1 aliphatic rings. The summed E-state index contributed by atoms with van der Waals surface area (Å²) >= 11 is 11.7. The summed E-state index contributed by atoms with van der Waals surface area (Å²) in [6.07, 6.45) is 0.370. The minimum Gasteiger partial charge on any atom is -0.464 e. The maximum Gasteiger partial charge on any atom is 0.329 e. The topological polar surface area (TPSA) is 75.7 Å². The maximum atomic E-state index is 12.3. The Kier molecular flexibility index (Phi) is 5.26. The summed E-state index contributed by atoms with van der Waals surface area (Å²) in [5.74, 6) is -1.02. The molecule has 0 unspecified atom stereocenters. The number of anilines is 1. The number of carbonyl (C=O) groups excluding carboxylic acids is 3. The quantitative estimate of drug-likeness (QED) is 0.855. The minimum atomic E-state index is -0.901. The predicted octanol–water partition coefficient (Wildman–Crippen LogP) is 3.08. The van der Waals surface area contributed by atoms with Crippen molar-refractivity contribution in [3.05, 3.63) is 28.2 Å². The van der Waals surface area contributed by atoms with Crippen molar-refractivity contribution >= 4 is 46.8 Å². The number of esters is 1. The van der Waals surface area contributed by atoms with Crippen LogP contribution in [0.2, 0.25) is 10.0 Å². The third-order valence-corrected chi connectivity index (χ3v) is 3.54. The fraction of sp³-hybridized carbons (Fsp3) is 0.357. The zero-order valence-electron chi connectivity index (χ0n) is 11.8. The number of benzene rings is 1. The molecule has 1 aliphatic heterocycles. The fourth-order valence-corrected chi connectivity index (χ4v) is 2.74. The second-order valence-electron chi connectivity index (χ2n) is 4.66. The second-order valence-corrected chi connectivity index (χ2v) is 5.53. The Labute approximate surface area is 137 Å². The van der Waals surface area contributed by atoms with Crippen LogP contribution in [0.5, 0.6) is 0 Å². The van der Waals surface area contributed by atoms with Gasteiger partial charge in [-0.2, -0.15) is 0 Å². The van der Waals surface area contributed by atoms with Gasteiger partial charge in [-0.1, -0.05) is 23.2 Å². The molecule has 0 bridgehead atoms. The number of amides is 3.